The third-order valence-electron chi connectivity index (χ3n) is 4.02. The summed E-state index contributed by atoms with van der Waals surface area (Å²) in [5.74, 6) is 1.40. The molecule has 0 fully saturated rings. The lowest BCUT2D eigenvalue weighted by molar-refractivity contribution is -0.113. The van der Waals surface area contributed by atoms with E-state index in [0.717, 1.165) is 15.1 Å². The highest BCUT2D eigenvalue weighted by Gasteiger charge is 2.17. The lowest BCUT2D eigenvalue weighted by Crippen LogP contribution is -2.15. The minimum absolute atomic E-state index is 0.169. The van der Waals surface area contributed by atoms with Gasteiger partial charge in [-0.3, -0.25) is 4.79 Å². The minimum atomic E-state index is -0.169. The molecule has 3 aromatic heterocycles. The van der Waals surface area contributed by atoms with Crippen LogP contribution in [-0.4, -0.2) is 50.1 Å². The number of carbonyl (C=O) groups excluding carboxylic acids is 1. The number of thiophene rings is 1. The van der Waals surface area contributed by atoms with E-state index in [-0.39, 0.29) is 11.7 Å². The molecule has 12 heteroatoms. The van der Waals surface area contributed by atoms with Crippen LogP contribution in [0.2, 0.25) is 0 Å². The average Bonchev–Trinajstić information content (AvgIpc) is 3.46. The molecule has 1 aliphatic heterocycles. The number of hydrogen-bond acceptors (Lipinski definition) is 10. The number of anilines is 1. The predicted octanol–water partition coefficient (Wildman–Crippen LogP) is 2.89. The molecule has 0 saturated heterocycles. The number of rotatable bonds is 6. The van der Waals surface area contributed by atoms with E-state index in [0.29, 0.717) is 41.5 Å². The molecule has 148 valence electrons. The second-order valence-electron chi connectivity index (χ2n) is 6.02. The molecule has 0 aliphatic carbocycles. The number of thiazole rings is 1. The van der Waals surface area contributed by atoms with Gasteiger partial charge in [-0.2, -0.15) is 0 Å². The number of nitrogens with zero attached hydrogens (tertiary/aromatic N) is 5. The van der Waals surface area contributed by atoms with Crippen molar-refractivity contribution >= 4 is 55.7 Å². The molecule has 4 aromatic rings. The molecule has 0 saturated carbocycles. The SMILES string of the molecule is O=C(CSc1nnnn1Cc1cccs1)Nc1nc2cc3c(cc2s1)OCCO3. The topological polar surface area (TPSA) is 104 Å². The largest absolute Gasteiger partial charge is 0.486 e. The van der Waals surface area contributed by atoms with Crippen molar-refractivity contribution in [3.8, 4) is 11.5 Å². The first-order chi connectivity index (χ1) is 14.2. The molecular weight excluding hydrogens is 432 g/mol. The second-order valence-corrected chi connectivity index (χ2v) is 9.02. The highest BCUT2D eigenvalue weighted by atomic mass is 32.2. The van der Waals surface area contributed by atoms with Gasteiger partial charge in [-0.15, -0.1) is 16.4 Å². The molecule has 0 bridgehead atoms. The van der Waals surface area contributed by atoms with Gasteiger partial charge in [0.1, 0.15) is 13.2 Å². The van der Waals surface area contributed by atoms with Crippen LogP contribution in [0.25, 0.3) is 10.2 Å². The summed E-state index contributed by atoms with van der Waals surface area (Å²) in [5.41, 5.74) is 0.766. The summed E-state index contributed by atoms with van der Waals surface area (Å²) in [7, 11) is 0. The van der Waals surface area contributed by atoms with Crippen LogP contribution in [0.5, 0.6) is 11.5 Å². The number of thioether (sulfide) groups is 1. The zero-order chi connectivity index (χ0) is 19.6. The number of amides is 1. The molecule has 1 N–H and O–H groups in total. The van der Waals surface area contributed by atoms with Gasteiger partial charge < -0.3 is 14.8 Å². The van der Waals surface area contributed by atoms with Gasteiger partial charge in [-0.05, 0) is 21.9 Å². The molecule has 1 aromatic carbocycles. The molecule has 0 radical (unpaired) electrons. The summed E-state index contributed by atoms with van der Waals surface area (Å²) in [6.07, 6.45) is 0. The van der Waals surface area contributed by atoms with Crippen LogP contribution in [0.3, 0.4) is 0 Å². The van der Waals surface area contributed by atoms with E-state index in [2.05, 4.69) is 25.8 Å². The Morgan fingerprint density at radius 1 is 1.28 bits per heavy atom. The van der Waals surface area contributed by atoms with Gasteiger partial charge in [0.2, 0.25) is 11.1 Å². The first-order valence-corrected chi connectivity index (χ1v) is 11.3. The van der Waals surface area contributed by atoms with Gasteiger partial charge in [0.15, 0.2) is 16.6 Å². The van der Waals surface area contributed by atoms with E-state index in [1.54, 1.807) is 16.0 Å². The maximum atomic E-state index is 12.4. The van der Waals surface area contributed by atoms with Crippen molar-refractivity contribution in [3.63, 3.8) is 0 Å². The molecule has 0 atom stereocenters. The summed E-state index contributed by atoms with van der Waals surface area (Å²) in [5, 5.41) is 17.7. The van der Waals surface area contributed by atoms with Gasteiger partial charge in [0.25, 0.3) is 0 Å². The minimum Gasteiger partial charge on any atom is -0.486 e. The predicted molar refractivity (Wildman–Crippen MR) is 111 cm³/mol. The maximum absolute atomic E-state index is 12.4. The Hall–Kier alpha value is -2.70. The van der Waals surface area contributed by atoms with Crippen LogP contribution in [0, 0.1) is 0 Å². The monoisotopic (exact) mass is 446 g/mol. The fraction of sp³-hybridized carbons (Fsp3) is 0.235. The molecule has 4 heterocycles. The highest BCUT2D eigenvalue weighted by molar-refractivity contribution is 7.99. The lowest BCUT2D eigenvalue weighted by atomic mass is 10.3. The Kier molecular flexibility index (Phi) is 5.04. The van der Waals surface area contributed by atoms with Crippen LogP contribution in [0.1, 0.15) is 4.88 Å². The standard InChI is InChI=1S/C17H14N6O3S3/c24-15(9-28-17-20-21-22-23(17)8-10-2-1-5-27-10)19-16-18-11-6-12-13(7-14(11)29-16)26-4-3-25-12/h1-2,5-7H,3-4,8-9H2,(H,18,19,24). The Morgan fingerprint density at radius 2 is 2.14 bits per heavy atom. The van der Waals surface area contributed by atoms with Crippen molar-refractivity contribution in [2.75, 3.05) is 24.3 Å². The molecular formula is C17H14N6O3S3. The Bertz CT molecular complexity index is 1110. The number of aromatic nitrogens is 5. The van der Waals surface area contributed by atoms with Crippen molar-refractivity contribution < 1.29 is 14.3 Å². The van der Waals surface area contributed by atoms with Crippen LogP contribution in [0.15, 0.2) is 34.8 Å². The quantitative estimate of drug-likeness (QED) is 0.451. The van der Waals surface area contributed by atoms with Gasteiger partial charge >= 0.3 is 0 Å². The molecule has 1 amide bonds. The van der Waals surface area contributed by atoms with E-state index < -0.39 is 0 Å². The Balaban J connectivity index is 1.23. The zero-order valence-corrected chi connectivity index (χ0v) is 17.4. The number of tetrazole rings is 1. The number of ether oxygens (including phenoxy) is 2. The third kappa shape index (κ3) is 4.04. The first kappa shape index (κ1) is 18.3. The van der Waals surface area contributed by atoms with E-state index in [9.17, 15) is 4.79 Å². The smallest absolute Gasteiger partial charge is 0.236 e. The zero-order valence-electron chi connectivity index (χ0n) is 14.9. The van der Waals surface area contributed by atoms with Crippen LogP contribution >= 0.6 is 34.4 Å². The van der Waals surface area contributed by atoms with Crippen LogP contribution in [-0.2, 0) is 11.3 Å². The number of nitrogens with one attached hydrogen (secondary N) is 1. The summed E-state index contributed by atoms with van der Waals surface area (Å²) in [4.78, 5) is 18.0. The van der Waals surface area contributed by atoms with Crippen LogP contribution in [0.4, 0.5) is 5.13 Å². The molecule has 1 aliphatic rings. The van der Waals surface area contributed by atoms with Crippen LogP contribution < -0.4 is 14.8 Å². The molecule has 29 heavy (non-hydrogen) atoms. The third-order valence-corrected chi connectivity index (χ3v) is 6.77. The normalized spacial score (nSPS) is 13.0. The number of fused-ring (bicyclic) bond motifs is 2. The average molecular weight is 447 g/mol. The van der Waals surface area contributed by atoms with Crippen molar-refractivity contribution in [2.45, 2.75) is 11.7 Å². The molecule has 5 rings (SSSR count). The van der Waals surface area contributed by atoms with Gasteiger partial charge in [-0.25, -0.2) is 9.67 Å². The van der Waals surface area contributed by atoms with E-state index in [1.807, 2.05) is 29.6 Å². The summed E-state index contributed by atoms with van der Waals surface area (Å²) in [6.45, 7) is 1.64. The van der Waals surface area contributed by atoms with E-state index in [4.69, 9.17) is 9.47 Å². The van der Waals surface area contributed by atoms with Crippen molar-refractivity contribution in [2.24, 2.45) is 0 Å². The number of benzene rings is 1. The summed E-state index contributed by atoms with van der Waals surface area (Å²) < 4.78 is 13.8. The first-order valence-electron chi connectivity index (χ1n) is 8.66. The second kappa shape index (κ2) is 7.97. The molecule has 0 spiro atoms. The Morgan fingerprint density at radius 3 is 2.97 bits per heavy atom. The highest BCUT2D eigenvalue weighted by Crippen LogP contribution is 2.37. The maximum Gasteiger partial charge on any atom is 0.236 e. The van der Waals surface area contributed by atoms with Gasteiger partial charge in [0, 0.05) is 17.0 Å². The Labute approximate surface area is 177 Å². The number of hydrogen-bond donors (Lipinski definition) is 1. The molecule has 0 unspecified atom stereocenters. The van der Waals surface area contributed by atoms with E-state index in [1.165, 1.54) is 23.1 Å². The summed E-state index contributed by atoms with van der Waals surface area (Å²) >= 11 is 4.32. The van der Waals surface area contributed by atoms with Crippen molar-refractivity contribution in [1.29, 1.82) is 0 Å². The fourth-order valence-electron chi connectivity index (χ4n) is 2.75. The lowest BCUT2D eigenvalue weighted by Gasteiger charge is -2.17. The summed E-state index contributed by atoms with van der Waals surface area (Å²) in [6, 6.07) is 7.74. The number of carbonyl (C=O) groups is 1. The van der Waals surface area contributed by atoms with E-state index >= 15 is 0 Å². The molecule has 9 nitrogen and oxygen atoms in total. The fourth-order valence-corrected chi connectivity index (χ4v) is 5.01. The van der Waals surface area contributed by atoms with Crippen molar-refractivity contribution in [1.82, 2.24) is 25.2 Å². The van der Waals surface area contributed by atoms with Crippen molar-refractivity contribution in [3.05, 3.63) is 34.5 Å². The van der Waals surface area contributed by atoms with Gasteiger partial charge in [0.05, 0.1) is 22.5 Å². The van der Waals surface area contributed by atoms with Gasteiger partial charge in [-0.1, -0.05) is 29.2 Å².